The first-order valence-electron chi connectivity index (χ1n) is 10.3. The van der Waals surface area contributed by atoms with Gasteiger partial charge in [-0.15, -0.1) is 0 Å². The minimum absolute atomic E-state index is 0.000612. The molecule has 2 aliphatic rings. The number of hydrogen-bond acceptors (Lipinski definition) is 7. The second-order valence-corrected chi connectivity index (χ2v) is 11.4. The highest BCUT2D eigenvalue weighted by Gasteiger charge is 2.47. The average molecular weight is 472 g/mol. The Bertz CT molecular complexity index is 1220. The van der Waals surface area contributed by atoms with Gasteiger partial charge in [0.25, 0.3) is 0 Å². The lowest BCUT2D eigenvalue weighted by Gasteiger charge is -2.26. The molecular weight excluding hydrogens is 446 g/mol. The van der Waals surface area contributed by atoms with Gasteiger partial charge in [-0.25, -0.2) is 8.42 Å². The molecule has 2 aromatic rings. The summed E-state index contributed by atoms with van der Waals surface area (Å²) in [5, 5.41) is 3.53. The van der Waals surface area contributed by atoms with E-state index in [0.29, 0.717) is 16.4 Å². The third-order valence-corrected chi connectivity index (χ3v) is 8.29. The fourth-order valence-electron chi connectivity index (χ4n) is 4.08. The van der Waals surface area contributed by atoms with Crippen LogP contribution in [0.3, 0.4) is 0 Å². The second-order valence-electron chi connectivity index (χ2n) is 8.26. The number of aliphatic imine (C=N–C) groups is 1. The molecule has 2 aliphatic heterocycles. The minimum atomic E-state index is -3.18. The molecule has 0 spiro atoms. The van der Waals surface area contributed by atoms with Crippen LogP contribution < -0.4 is 10.2 Å². The Morgan fingerprint density at radius 3 is 2.66 bits per heavy atom. The number of fused-ring (bicyclic) bond motifs is 1. The van der Waals surface area contributed by atoms with Gasteiger partial charge < -0.3 is 10.2 Å². The molecule has 2 heterocycles. The lowest BCUT2D eigenvalue weighted by molar-refractivity contribution is -0.113. The number of carbonyl (C=O) groups excluding carboxylic acids is 2. The van der Waals surface area contributed by atoms with E-state index in [1.165, 1.54) is 18.7 Å². The van der Waals surface area contributed by atoms with Gasteiger partial charge in [-0.1, -0.05) is 41.6 Å². The van der Waals surface area contributed by atoms with Gasteiger partial charge in [0.15, 0.2) is 20.8 Å². The highest BCUT2D eigenvalue weighted by molar-refractivity contribution is 8.14. The molecule has 0 radical (unpaired) electrons. The van der Waals surface area contributed by atoms with Gasteiger partial charge in [0.05, 0.1) is 29.3 Å². The summed E-state index contributed by atoms with van der Waals surface area (Å²) in [7, 11) is -3.18. The summed E-state index contributed by atoms with van der Waals surface area (Å²) in [6.45, 7) is 5.44. The van der Waals surface area contributed by atoms with Crippen molar-refractivity contribution in [2.75, 3.05) is 27.5 Å². The normalized spacial score (nSPS) is 21.2. The molecule has 1 amide bonds. The molecule has 7 nitrogen and oxygen atoms in total. The summed E-state index contributed by atoms with van der Waals surface area (Å²) in [5.74, 6) is -0.0855. The van der Waals surface area contributed by atoms with E-state index in [-0.39, 0.29) is 41.0 Å². The van der Waals surface area contributed by atoms with Crippen LogP contribution in [-0.2, 0) is 14.6 Å². The SMILES string of the molecule is CC(=O)c1cccc(N2C(SCC(=O)Nc3ccc(C)cc3C)=N[C@@H]3CS(=O)(=O)C[C@@H]32)c1. The Morgan fingerprint density at radius 1 is 1.16 bits per heavy atom. The van der Waals surface area contributed by atoms with Crippen molar-refractivity contribution in [2.45, 2.75) is 32.9 Å². The molecule has 1 fully saturated rings. The number of amidine groups is 1. The predicted molar refractivity (Wildman–Crippen MR) is 130 cm³/mol. The van der Waals surface area contributed by atoms with Gasteiger partial charge in [-0.2, -0.15) is 0 Å². The molecule has 2 aromatic carbocycles. The van der Waals surface area contributed by atoms with Crippen LogP contribution in [-0.4, -0.2) is 54.6 Å². The van der Waals surface area contributed by atoms with Crippen molar-refractivity contribution in [3.05, 3.63) is 59.2 Å². The maximum atomic E-state index is 12.6. The molecule has 1 N–H and O–H groups in total. The van der Waals surface area contributed by atoms with Crippen LogP contribution in [0.15, 0.2) is 47.5 Å². The monoisotopic (exact) mass is 471 g/mol. The van der Waals surface area contributed by atoms with Crippen molar-refractivity contribution in [3.8, 4) is 0 Å². The zero-order chi connectivity index (χ0) is 23.0. The molecule has 0 unspecified atom stereocenters. The smallest absolute Gasteiger partial charge is 0.234 e. The lowest BCUT2D eigenvalue weighted by atomic mass is 10.1. The van der Waals surface area contributed by atoms with Gasteiger partial charge in [0.2, 0.25) is 5.91 Å². The standard InChI is InChI=1S/C23H25N3O4S2/c1-14-7-8-19(15(2)9-14)24-22(28)11-31-23-25-20-12-32(29,30)13-21(20)26(23)18-6-4-5-17(10-18)16(3)27/h4-10,20-21H,11-13H2,1-3H3,(H,24,28)/t20-,21+/m1/s1. The van der Waals surface area contributed by atoms with Crippen LogP contribution in [0.4, 0.5) is 11.4 Å². The quantitative estimate of drug-likeness (QED) is 0.673. The van der Waals surface area contributed by atoms with E-state index in [9.17, 15) is 18.0 Å². The van der Waals surface area contributed by atoms with Crippen molar-refractivity contribution in [3.63, 3.8) is 0 Å². The molecule has 0 bridgehead atoms. The first kappa shape index (κ1) is 22.5. The third-order valence-electron chi connectivity index (χ3n) is 5.63. The average Bonchev–Trinajstić information content (AvgIpc) is 3.19. The molecule has 0 aromatic heterocycles. The Hall–Kier alpha value is -2.65. The summed E-state index contributed by atoms with van der Waals surface area (Å²) in [4.78, 5) is 31.0. The molecular formula is C23H25N3O4S2. The number of Topliss-reactive ketones (excluding diaryl/α,β-unsaturated/α-hetero) is 1. The van der Waals surface area contributed by atoms with Crippen LogP contribution in [0.1, 0.15) is 28.4 Å². The Balaban J connectivity index is 1.54. The molecule has 32 heavy (non-hydrogen) atoms. The van der Waals surface area contributed by atoms with Gasteiger partial charge >= 0.3 is 0 Å². The maximum absolute atomic E-state index is 12.6. The van der Waals surface area contributed by atoms with E-state index < -0.39 is 9.84 Å². The number of sulfone groups is 1. The molecule has 2 atom stereocenters. The summed E-state index contributed by atoms with van der Waals surface area (Å²) in [6.07, 6.45) is 0. The number of benzene rings is 2. The van der Waals surface area contributed by atoms with Gasteiger partial charge in [0, 0.05) is 16.9 Å². The van der Waals surface area contributed by atoms with Crippen molar-refractivity contribution in [2.24, 2.45) is 4.99 Å². The van der Waals surface area contributed by atoms with E-state index in [2.05, 4.69) is 10.3 Å². The summed E-state index contributed by atoms with van der Waals surface area (Å²) >= 11 is 1.28. The first-order valence-corrected chi connectivity index (χ1v) is 13.1. The fraction of sp³-hybridized carbons (Fsp3) is 0.348. The number of carbonyl (C=O) groups is 2. The summed E-state index contributed by atoms with van der Waals surface area (Å²) < 4.78 is 24.4. The van der Waals surface area contributed by atoms with Crippen LogP contribution in [0, 0.1) is 13.8 Å². The number of rotatable bonds is 5. The number of anilines is 2. The minimum Gasteiger partial charge on any atom is -0.325 e. The molecule has 0 saturated carbocycles. The summed E-state index contributed by atoms with van der Waals surface area (Å²) in [5.41, 5.74) is 4.14. The fourth-order valence-corrected chi connectivity index (χ4v) is 6.85. The second kappa shape index (κ2) is 8.71. The lowest BCUT2D eigenvalue weighted by Crippen LogP contribution is -2.39. The summed E-state index contributed by atoms with van der Waals surface area (Å²) in [6, 6.07) is 12.2. The van der Waals surface area contributed by atoms with Crippen LogP contribution in [0.5, 0.6) is 0 Å². The van der Waals surface area contributed by atoms with Crippen LogP contribution in [0.25, 0.3) is 0 Å². The highest BCUT2D eigenvalue weighted by atomic mass is 32.2. The zero-order valence-corrected chi connectivity index (χ0v) is 19.8. The maximum Gasteiger partial charge on any atom is 0.234 e. The molecule has 4 rings (SSSR count). The number of aryl methyl sites for hydroxylation is 2. The number of nitrogens with zero attached hydrogens (tertiary/aromatic N) is 2. The topological polar surface area (TPSA) is 95.9 Å². The number of hydrogen-bond donors (Lipinski definition) is 1. The Labute approximate surface area is 192 Å². The first-order chi connectivity index (χ1) is 15.1. The van der Waals surface area contributed by atoms with Crippen LogP contribution >= 0.6 is 11.8 Å². The van der Waals surface area contributed by atoms with Gasteiger partial charge in [-0.05, 0) is 44.5 Å². The molecule has 168 valence electrons. The third kappa shape index (κ3) is 4.73. The van der Waals surface area contributed by atoms with E-state index in [0.717, 1.165) is 16.8 Å². The predicted octanol–water partition coefficient (Wildman–Crippen LogP) is 3.22. The van der Waals surface area contributed by atoms with Crippen molar-refractivity contribution in [1.82, 2.24) is 0 Å². The molecule has 0 aliphatic carbocycles. The van der Waals surface area contributed by atoms with Crippen molar-refractivity contribution in [1.29, 1.82) is 0 Å². The molecule has 1 saturated heterocycles. The number of thioether (sulfide) groups is 1. The number of amides is 1. The van der Waals surface area contributed by atoms with E-state index in [4.69, 9.17) is 0 Å². The van der Waals surface area contributed by atoms with Gasteiger partial charge in [-0.3, -0.25) is 14.6 Å². The van der Waals surface area contributed by atoms with E-state index >= 15 is 0 Å². The van der Waals surface area contributed by atoms with Crippen LogP contribution in [0.2, 0.25) is 0 Å². The van der Waals surface area contributed by atoms with E-state index in [1.54, 1.807) is 18.2 Å². The van der Waals surface area contributed by atoms with Crippen molar-refractivity contribution >= 4 is 49.8 Å². The largest absolute Gasteiger partial charge is 0.325 e. The number of nitrogens with one attached hydrogen (secondary N) is 1. The highest BCUT2D eigenvalue weighted by Crippen LogP contribution is 2.35. The van der Waals surface area contributed by atoms with E-state index in [1.807, 2.05) is 43.0 Å². The van der Waals surface area contributed by atoms with Gasteiger partial charge in [0.1, 0.15) is 0 Å². The Morgan fingerprint density at radius 2 is 1.94 bits per heavy atom. The number of ketones is 1. The zero-order valence-electron chi connectivity index (χ0n) is 18.2. The van der Waals surface area contributed by atoms with Crippen molar-refractivity contribution < 1.29 is 18.0 Å². The Kier molecular flexibility index (Phi) is 6.13. The molecule has 9 heteroatoms.